The Hall–Kier alpha value is -2.60. The number of rotatable bonds is 4. The summed E-state index contributed by atoms with van der Waals surface area (Å²) in [4.78, 5) is 31.0. The molecule has 6 heteroatoms. The van der Waals surface area contributed by atoms with Gasteiger partial charge in [0, 0.05) is 16.6 Å². The number of amides is 2. The van der Waals surface area contributed by atoms with Gasteiger partial charge in [-0.05, 0) is 63.8 Å². The summed E-state index contributed by atoms with van der Waals surface area (Å²) in [6, 6.07) is 10.5. The molecule has 5 rings (SSSR count). The molecule has 1 aromatic carbocycles. The van der Waals surface area contributed by atoms with Gasteiger partial charge in [-0.1, -0.05) is 43.9 Å². The second-order valence-corrected chi connectivity index (χ2v) is 11.1. The number of benzene rings is 1. The fourth-order valence-corrected chi connectivity index (χ4v) is 6.57. The number of nitrogens with one attached hydrogen (secondary N) is 1. The Balaban J connectivity index is 1.62. The standard InChI is InChI=1S/C27H33N3O2S/c1-5-20-14-22-24(33-20)15-23-25(31)30(21-12-11-17(2)13-18(21)3)27(4,16-29(22)23)26(32)28-19-9-7-6-8-10-19/h11-15,19H,5-10,16H2,1-4H3,(H,28,32)/t27-/m1/s1. The van der Waals surface area contributed by atoms with Crippen molar-refractivity contribution in [2.45, 2.75) is 84.3 Å². The van der Waals surface area contributed by atoms with Crippen LogP contribution in [-0.2, 0) is 17.8 Å². The number of thiophene rings is 1. The molecule has 0 saturated heterocycles. The number of hydrogen-bond acceptors (Lipinski definition) is 3. The molecule has 2 aromatic heterocycles. The van der Waals surface area contributed by atoms with Crippen molar-refractivity contribution < 1.29 is 9.59 Å². The van der Waals surface area contributed by atoms with Crippen LogP contribution in [0.4, 0.5) is 5.69 Å². The topological polar surface area (TPSA) is 54.3 Å². The quantitative estimate of drug-likeness (QED) is 0.536. The fourth-order valence-electron chi connectivity index (χ4n) is 5.52. The van der Waals surface area contributed by atoms with Gasteiger partial charge in [0.15, 0.2) is 0 Å². The molecule has 3 aromatic rings. The smallest absolute Gasteiger partial charge is 0.275 e. The minimum Gasteiger partial charge on any atom is -0.351 e. The summed E-state index contributed by atoms with van der Waals surface area (Å²) in [5.41, 5.74) is 3.69. The van der Waals surface area contributed by atoms with Crippen molar-refractivity contribution in [3.63, 3.8) is 0 Å². The number of hydrogen-bond donors (Lipinski definition) is 1. The van der Waals surface area contributed by atoms with E-state index in [0.717, 1.165) is 59.1 Å². The number of anilines is 1. The Bertz CT molecular complexity index is 1230. The molecule has 5 nitrogen and oxygen atoms in total. The Labute approximate surface area is 199 Å². The number of aryl methyl sites for hydroxylation is 3. The van der Waals surface area contributed by atoms with E-state index in [0.29, 0.717) is 12.2 Å². The van der Waals surface area contributed by atoms with Crippen molar-refractivity contribution in [1.82, 2.24) is 9.88 Å². The molecule has 0 bridgehead atoms. The third kappa shape index (κ3) is 3.68. The lowest BCUT2D eigenvalue weighted by Gasteiger charge is -2.45. The number of fused-ring (bicyclic) bond motifs is 3. The van der Waals surface area contributed by atoms with Crippen molar-refractivity contribution in [2.75, 3.05) is 4.90 Å². The van der Waals surface area contributed by atoms with Crippen LogP contribution < -0.4 is 10.2 Å². The summed E-state index contributed by atoms with van der Waals surface area (Å²) in [5.74, 6) is -0.155. The van der Waals surface area contributed by atoms with Gasteiger partial charge in [0.05, 0.1) is 16.8 Å². The van der Waals surface area contributed by atoms with Crippen molar-refractivity contribution in [1.29, 1.82) is 0 Å². The van der Waals surface area contributed by atoms with E-state index in [9.17, 15) is 9.59 Å². The molecule has 0 unspecified atom stereocenters. The molecule has 2 amide bonds. The summed E-state index contributed by atoms with van der Waals surface area (Å²) >= 11 is 1.74. The van der Waals surface area contributed by atoms with Crippen LogP contribution in [0.3, 0.4) is 0 Å². The maximum atomic E-state index is 14.0. The average molecular weight is 464 g/mol. The fraction of sp³-hybridized carbons (Fsp3) is 0.481. The van der Waals surface area contributed by atoms with E-state index in [1.807, 2.05) is 39.0 Å². The molecule has 1 N–H and O–H groups in total. The van der Waals surface area contributed by atoms with E-state index < -0.39 is 5.54 Å². The molecule has 3 heterocycles. The monoisotopic (exact) mass is 463 g/mol. The van der Waals surface area contributed by atoms with E-state index in [1.54, 1.807) is 16.2 Å². The van der Waals surface area contributed by atoms with Crippen LogP contribution in [0.1, 0.15) is 72.4 Å². The zero-order valence-electron chi connectivity index (χ0n) is 20.0. The maximum absolute atomic E-state index is 14.0. The highest BCUT2D eigenvalue weighted by Gasteiger charge is 2.49. The van der Waals surface area contributed by atoms with Crippen LogP contribution in [0.15, 0.2) is 30.3 Å². The first kappa shape index (κ1) is 22.2. The Morgan fingerprint density at radius 2 is 1.91 bits per heavy atom. The molecule has 174 valence electrons. The number of carbonyl (C=O) groups is 2. The van der Waals surface area contributed by atoms with E-state index in [-0.39, 0.29) is 17.9 Å². The second-order valence-electron chi connectivity index (χ2n) is 9.94. The van der Waals surface area contributed by atoms with Crippen molar-refractivity contribution in [3.8, 4) is 0 Å². The first-order valence-corrected chi connectivity index (χ1v) is 13.0. The third-order valence-corrected chi connectivity index (χ3v) is 8.61. The van der Waals surface area contributed by atoms with Crippen molar-refractivity contribution >= 4 is 39.1 Å². The van der Waals surface area contributed by atoms with Gasteiger partial charge in [0.25, 0.3) is 5.91 Å². The first-order valence-electron chi connectivity index (χ1n) is 12.2. The van der Waals surface area contributed by atoms with Gasteiger partial charge in [-0.3, -0.25) is 14.5 Å². The Kier molecular flexibility index (Phi) is 5.60. The van der Waals surface area contributed by atoms with Gasteiger partial charge >= 0.3 is 0 Å². The molecule has 1 atom stereocenters. The van der Waals surface area contributed by atoms with Crippen LogP contribution in [0, 0.1) is 13.8 Å². The minimum absolute atomic E-state index is 0.0545. The van der Waals surface area contributed by atoms with Gasteiger partial charge < -0.3 is 9.88 Å². The zero-order valence-corrected chi connectivity index (χ0v) is 20.8. The van der Waals surface area contributed by atoms with Crippen LogP contribution in [-0.4, -0.2) is 28.0 Å². The van der Waals surface area contributed by atoms with Gasteiger partial charge in [0.2, 0.25) is 5.91 Å². The van der Waals surface area contributed by atoms with Crippen LogP contribution in [0.5, 0.6) is 0 Å². The second kappa shape index (κ2) is 8.32. The highest BCUT2D eigenvalue weighted by molar-refractivity contribution is 7.19. The molecular weight excluding hydrogens is 430 g/mol. The lowest BCUT2D eigenvalue weighted by molar-refractivity contribution is -0.127. The molecule has 33 heavy (non-hydrogen) atoms. The number of nitrogens with zero attached hydrogens (tertiary/aromatic N) is 2. The van der Waals surface area contributed by atoms with E-state index in [2.05, 4.69) is 28.9 Å². The van der Waals surface area contributed by atoms with Gasteiger partial charge in [-0.25, -0.2) is 0 Å². The van der Waals surface area contributed by atoms with Gasteiger partial charge in [-0.2, -0.15) is 0 Å². The predicted molar refractivity (Wildman–Crippen MR) is 135 cm³/mol. The maximum Gasteiger partial charge on any atom is 0.275 e. The molecular formula is C27H33N3O2S. The van der Waals surface area contributed by atoms with Crippen LogP contribution >= 0.6 is 11.3 Å². The number of aromatic nitrogens is 1. The summed E-state index contributed by atoms with van der Waals surface area (Å²) in [6.45, 7) is 8.60. The molecule has 0 radical (unpaired) electrons. The highest BCUT2D eigenvalue weighted by atomic mass is 32.1. The average Bonchev–Trinajstić information content (AvgIpc) is 3.34. The van der Waals surface area contributed by atoms with Crippen LogP contribution in [0.25, 0.3) is 10.2 Å². The SMILES string of the molecule is CCc1cc2c(cc3n2C[C@](C)(C(=O)NC2CCCCC2)N(c2ccc(C)cc2C)C3=O)s1. The predicted octanol–water partition coefficient (Wildman–Crippen LogP) is 5.75. The van der Waals surface area contributed by atoms with Crippen LogP contribution in [0.2, 0.25) is 0 Å². The zero-order chi connectivity index (χ0) is 23.3. The molecule has 2 aliphatic rings. The lowest BCUT2D eigenvalue weighted by atomic mass is 9.90. The molecule has 1 aliphatic heterocycles. The summed E-state index contributed by atoms with van der Waals surface area (Å²) < 4.78 is 3.20. The summed E-state index contributed by atoms with van der Waals surface area (Å²) in [5, 5.41) is 3.32. The number of carbonyl (C=O) groups excluding carboxylic acids is 2. The normalized spacial score (nSPS) is 21.5. The highest BCUT2D eigenvalue weighted by Crippen LogP contribution is 2.39. The van der Waals surface area contributed by atoms with E-state index in [1.165, 1.54) is 11.3 Å². The third-order valence-electron chi connectivity index (χ3n) is 7.39. The Morgan fingerprint density at radius 1 is 1.15 bits per heavy atom. The largest absolute Gasteiger partial charge is 0.351 e. The molecule has 1 saturated carbocycles. The van der Waals surface area contributed by atoms with Crippen molar-refractivity contribution in [3.05, 3.63) is 52.0 Å². The molecule has 1 aliphatic carbocycles. The molecule has 0 spiro atoms. The summed E-state index contributed by atoms with van der Waals surface area (Å²) in [6.07, 6.45) is 6.54. The first-order chi connectivity index (χ1) is 15.8. The lowest BCUT2D eigenvalue weighted by Crippen LogP contribution is -2.65. The summed E-state index contributed by atoms with van der Waals surface area (Å²) in [7, 11) is 0. The minimum atomic E-state index is -1.01. The van der Waals surface area contributed by atoms with E-state index >= 15 is 0 Å². The van der Waals surface area contributed by atoms with Gasteiger partial charge in [0.1, 0.15) is 11.2 Å². The Morgan fingerprint density at radius 3 is 2.61 bits per heavy atom. The van der Waals surface area contributed by atoms with Gasteiger partial charge in [-0.15, -0.1) is 11.3 Å². The van der Waals surface area contributed by atoms with Crippen molar-refractivity contribution in [2.24, 2.45) is 0 Å². The molecule has 1 fully saturated rings. The van der Waals surface area contributed by atoms with E-state index in [4.69, 9.17) is 0 Å².